The van der Waals surface area contributed by atoms with E-state index >= 15 is 0 Å². The van der Waals surface area contributed by atoms with Crippen LogP contribution in [0.5, 0.6) is 0 Å². The summed E-state index contributed by atoms with van der Waals surface area (Å²) in [6.07, 6.45) is 1.75. The molecule has 0 N–H and O–H groups in total. The van der Waals surface area contributed by atoms with Gasteiger partial charge in [0, 0.05) is 17.1 Å². The summed E-state index contributed by atoms with van der Waals surface area (Å²) < 4.78 is 0. The highest BCUT2D eigenvalue weighted by molar-refractivity contribution is 5.83. The van der Waals surface area contributed by atoms with E-state index in [-0.39, 0.29) is 0 Å². The summed E-state index contributed by atoms with van der Waals surface area (Å²) >= 11 is 0. The Labute approximate surface area is 335 Å². The lowest BCUT2D eigenvalue weighted by atomic mass is 10.0. The Morgan fingerprint density at radius 1 is 0.321 bits per heavy atom. The Hall–Kier alpha value is -6.70. The molecule has 0 saturated carbocycles. The maximum absolute atomic E-state index is 3.36. The van der Waals surface area contributed by atoms with E-state index in [0.29, 0.717) is 0 Å². The van der Waals surface area contributed by atoms with Gasteiger partial charge in [0.2, 0.25) is 0 Å². The Kier molecular flexibility index (Phi) is 15.4. The highest BCUT2D eigenvalue weighted by Crippen LogP contribution is 2.39. The third-order valence-corrected chi connectivity index (χ3v) is 9.06. The lowest BCUT2D eigenvalue weighted by Crippen LogP contribution is -2.10. The second-order valence-corrected chi connectivity index (χ2v) is 13.2. The van der Waals surface area contributed by atoms with Crippen molar-refractivity contribution in [2.24, 2.45) is 0 Å². The predicted molar refractivity (Wildman–Crippen MR) is 246 cm³/mol. The topological polar surface area (TPSA) is 3.24 Å². The first kappa shape index (κ1) is 40.5. The molecule has 8 aromatic rings. The quantitative estimate of drug-likeness (QED) is 0.148. The van der Waals surface area contributed by atoms with Crippen LogP contribution in [0.25, 0.3) is 44.5 Å². The molecule has 0 radical (unpaired) electrons. The van der Waals surface area contributed by atoms with Crippen molar-refractivity contribution < 1.29 is 0 Å². The monoisotopic (exact) mass is 727 g/mol. The number of allylic oxidation sites excluding steroid dienone is 1. The van der Waals surface area contributed by atoms with Crippen LogP contribution in [0.15, 0.2) is 225 Å². The van der Waals surface area contributed by atoms with Crippen LogP contribution in [-0.2, 0) is 0 Å². The lowest BCUT2D eigenvalue weighted by Gasteiger charge is -2.27. The Morgan fingerprint density at radius 2 is 0.643 bits per heavy atom. The Morgan fingerprint density at radius 3 is 1.04 bits per heavy atom. The van der Waals surface area contributed by atoms with E-state index in [1.165, 1.54) is 55.6 Å². The molecule has 0 aliphatic rings. The number of hydrogen-bond donors (Lipinski definition) is 0. The molecule has 0 atom stereocenters. The molecule has 278 valence electrons. The summed E-state index contributed by atoms with van der Waals surface area (Å²) in [4.78, 5) is 2.35. The van der Waals surface area contributed by atoms with Crippen LogP contribution < -0.4 is 4.90 Å². The summed E-state index contributed by atoms with van der Waals surface area (Å²) in [7, 11) is 0. The molecule has 8 aromatic carbocycles. The van der Waals surface area contributed by atoms with Crippen LogP contribution in [0, 0.1) is 13.8 Å². The van der Waals surface area contributed by atoms with Crippen molar-refractivity contribution in [2.75, 3.05) is 4.90 Å². The zero-order valence-electron chi connectivity index (χ0n) is 33.4. The van der Waals surface area contributed by atoms with Crippen molar-refractivity contribution in [2.45, 2.75) is 34.6 Å². The molecule has 0 spiro atoms. The van der Waals surface area contributed by atoms with E-state index < -0.39 is 0 Å². The van der Waals surface area contributed by atoms with Crippen molar-refractivity contribution >= 4 is 17.1 Å². The van der Waals surface area contributed by atoms with Crippen LogP contribution >= 0.6 is 0 Å². The van der Waals surface area contributed by atoms with Crippen LogP contribution in [0.3, 0.4) is 0 Å². The standard InChI is InChI=1S/C37H29N.C13H12.C3H6.C2H6/c1-28-18-20-31(21-19-28)32-22-24-35(25-23-32)38(36-16-8-14-33(26-36)29-10-4-2-5-11-29)37-17-9-15-34(27-37)30-12-6-3-7-13-30;1-11-6-5-9-13(10-11)12-7-3-2-4-8-12;1-3-2;1-2/h2-27H,1H3;2-10H,1H3;3H,1H2,2H3;1-2H3. The number of nitrogens with zero attached hydrogens (tertiary/aromatic N) is 1. The van der Waals surface area contributed by atoms with E-state index in [1.807, 2.05) is 26.8 Å². The second kappa shape index (κ2) is 21.3. The molecule has 1 heteroatoms. The minimum absolute atomic E-state index is 1.12. The minimum Gasteiger partial charge on any atom is -0.310 e. The maximum Gasteiger partial charge on any atom is 0.0467 e. The zero-order chi connectivity index (χ0) is 39.5. The smallest absolute Gasteiger partial charge is 0.0467 e. The highest BCUT2D eigenvalue weighted by atomic mass is 15.1. The molecule has 0 aliphatic heterocycles. The van der Waals surface area contributed by atoms with Gasteiger partial charge in [-0.2, -0.15) is 0 Å². The normalized spacial score (nSPS) is 9.95. The van der Waals surface area contributed by atoms with Crippen LogP contribution in [0.1, 0.15) is 31.9 Å². The number of anilines is 3. The molecule has 0 saturated heterocycles. The van der Waals surface area contributed by atoms with Crippen LogP contribution in [-0.4, -0.2) is 0 Å². The molecule has 0 aromatic heterocycles. The Balaban J connectivity index is 0.000000277. The second-order valence-electron chi connectivity index (χ2n) is 13.2. The largest absolute Gasteiger partial charge is 0.310 e. The number of aryl methyl sites for hydroxylation is 2. The molecular formula is C55H53N. The number of benzene rings is 8. The van der Waals surface area contributed by atoms with E-state index in [4.69, 9.17) is 0 Å². The molecule has 0 unspecified atom stereocenters. The van der Waals surface area contributed by atoms with Gasteiger partial charge in [-0.25, -0.2) is 0 Å². The molecule has 1 nitrogen and oxygen atoms in total. The van der Waals surface area contributed by atoms with Crippen LogP contribution in [0.4, 0.5) is 17.1 Å². The summed E-state index contributed by atoms with van der Waals surface area (Å²) in [5.74, 6) is 0. The van der Waals surface area contributed by atoms with Gasteiger partial charge >= 0.3 is 0 Å². The predicted octanol–water partition coefficient (Wildman–Crippen LogP) is 16.3. The molecule has 0 heterocycles. The fourth-order valence-corrected chi connectivity index (χ4v) is 6.36. The number of rotatable bonds is 7. The van der Waals surface area contributed by atoms with Gasteiger partial charge in [-0.3, -0.25) is 0 Å². The van der Waals surface area contributed by atoms with Gasteiger partial charge in [-0.1, -0.05) is 207 Å². The van der Waals surface area contributed by atoms with Gasteiger partial charge in [0.15, 0.2) is 0 Å². The molecule has 8 rings (SSSR count). The zero-order valence-corrected chi connectivity index (χ0v) is 33.4. The van der Waals surface area contributed by atoms with Crippen molar-refractivity contribution in [3.63, 3.8) is 0 Å². The van der Waals surface area contributed by atoms with Gasteiger partial charge in [0.1, 0.15) is 0 Å². The van der Waals surface area contributed by atoms with Crippen LogP contribution in [0.2, 0.25) is 0 Å². The SMILES string of the molecule is C=CC.CC.Cc1ccc(-c2ccc(N(c3cccc(-c4ccccc4)c3)c3cccc(-c4ccccc4)c3)cc2)cc1.Cc1cccc(-c2ccccc2)c1. The van der Waals surface area contributed by atoms with Gasteiger partial charge in [0.05, 0.1) is 0 Å². The molecule has 0 aliphatic carbocycles. The van der Waals surface area contributed by atoms with E-state index in [0.717, 1.165) is 17.1 Å². The Bertz CT molecular complexity index is 2260. The van der Waals surface area contributed by atoms with Crippen molar-refractivity contribution in [3.05, 3.63) is 236 Å². The van der Waals surface area contributed by atoms with E-state index in [1.54, 1.807) is 6.08 Å². The number of hydrogen-bond acceptors (Lipinski definition) is 1. The molecule has 0 amide bonds. The van der Waals surface area contributed by atoms with E-state index in [9.17, 15) is 0 Å². The van der Waals surface area contributed by atoms with Crippen molar-refractivity contribution in [3.8, 4) is 44.5 Å². The van der Waals surface area contributed by atoms with Crippen molar-refractivity contribution in [1.82, 2.24) is 0 Å². The van der Waals surface area contributed by atoms with Gasteiger partial charge in [-0.15, -0.1) is 6.58 Å². The minimum atomic E-state index is 1.12. The molecule has 56 heavy (non-hydrogen) atoms. The van der Waals surface area contributed by atoms with Gasteiger partial charge < -0.3 is 4.90 Å². The summed E-state index contributed by atoms with van der Waals surface area (Å²) in [5.41, 5.74) is 15.8. The molecular weight excluding hydrogens is 675 g/mol. The summed E-state index contributed by atoms with van der Waals surface area (Å²) in [5, 5.41) is 0. The fraction of sp³-hybridized carbons (Fsp3) is 0.0909. The van der Waals surface area contributed by atoms with Gasteiger partial charge in [-0.05, 0) is 102 Å². The highest BCUT2D eigenvalue weighted by Gasteiger charge is 2.15. The first-order valence-corrected chi connectivity index (χ1v) is 19.5. The summed E-state index contributed by atoms with van der Waals surface area (Å²) in [6.45, 7) is 13.5. The van der Waals surface area contributed by atoms with Gasteiger partial charge in [0.25, 0.3) is 0 Å². The first-order valence-electron chi connectivity index (χ1n) is 19.5. The first-order chi connectivity index (χ1) is 27.5. The molecule has 0 bridgehead atoms. The molecule has 0 fully saturated rings. The average molecular weight is 728 g/mol. The third kappa shape index (κ3) is 11.2. The third-order valence-electron chi connectivity index (χ3n) is 9.06. The average Bonchev–Trinajstić information content (AvgIpc) is 3.27. The van der Waals surface area contributed by atoms with Crippen molar-refractivity contribution in [1.29, 1.82) is 0 Å². The maximum atomic E-state index is 3.36. The van der Waals surface area contributed by atoms with E-state index in [2.05, 4.69) is 232 Å². The fourth-order valence-electron chi connectivity index (χ4n) is 6.36. The lowest BCUT2D eigenvalue weighted by molar-refractivity contribution is 1.28. The summed E-state index contributed by atoms with van der Waals surface area (Å²) in [6, 6.07) is 75.3.